The highest BCUT2D eigenvalue weighted by molar-refractivity contribution is 7.86. The molecule has 2 saturated heterocycles. The van der Waals surface area contributed by atoms with Crippen molar-refractivity contribution in [3.05, 3.63) is 59.7 Å². The van der Waals surface area contributed by atoms with Crippen LogP contribution in [0.5, 0.6) is 0 Å². The lowest BCUT2D eigenvalue weighted by molar-refractivity contribution is -0.914. The molecule has 30 nitrogen and oxygen atoms in total. The molecule has 121 heavy (non-hydrogen) atoms. The van der Waals surface area contributed by atoms with E-state index < -0.39 is 20.2 Å². The standard InChI is InChI=1S/C15H31N3O.C14H29N3O.C13H27N3O.C12H25N3O.C9H21N3O.C8H19N3O.2C7H8O3S.2ClH.2HI/c1-3-4-6-10-16-15(19)17-11-9-14-18(2)12-7-5-8-13-18;1-3-4-6-9-15-14(18)16-10-13-17(2)11-7-5-8-12-17;1-16(2,3)11-7-10-14-13(17)15-12-8-5-4-6-9-12;1-15(2)10-6-9-13-12(16)14-11-7-4-3-5-8-11;1-5-10-9(13)11-7-6-8-12(2,3)4;1-4-9-8(12)10-6-5-7-11(2)3;2*1-6-2-4-7(5-3-6)11(8,9)10;;;;/h3-14H2,1-2H3,(H-,16,17,19);3-13H2,1-2H3,(H-,15,16,18);12H,4-11H2,1-3H3,(H-,14,15,17);11H,3-10H2,1-2H3,(H2,13,14,16);5-8H2,1-4H3,(H-,10,11,13);4-7H2,1-3H3,(H2,9,10,12);2*2-5H,1H3,(H,8,9,10);4*1H. The molecule has 4 fully saturated rings. The second kappa shape index (κ2) is 76.9. The average molecular weight is 2030 g/mol. The molecule has 14 N–H and O–H groups in total. The predicted molar refractivity (Wildman–Crippen MR) is 475 cm³/mol. The maximum Gasteiger partial charge on any atom is 0.315 e. The lowest BCUT2D eigenvalue weighted by atomic mass is 9.96. The third kappa shape index (κ3) is 82.4. The van der Waals surface area contributed by atoms with Crippen molar-refractivity contribution >= 4 is 56.4 Å². The van der Waals surface area contributed by atoms with Crippen molar-refractivity contribution < 1.29 is 155 Å². The van der Waals surface area contributed by atoms with Crippen LogP contribution in [0.3, 0.4) is 0 Å². The molecule has 2 saturated carbocycles. The first-order valence-electron chi connectivity index (χ1n) is 44.2. The molecule has 0 aromatic heterocycles. The van der Waals surface area contributed by atoms with E-state index in [0.29, 0.717) is 25.2 Å². The number of quaternary nitrogens is 6. The molecule has 2 aromatic carbocycles. The van der Waals surface area contributed by atoms with Gasteiger partial charge in [-0.05, 0) is 129 Å². The summed E-state index contributed by atoms with van der Waals surface area (Å²) in [7, 11) is 17.5. The molecule has 0 spiro atoms. The van der Waals surface area contributed by atoms with E-state index in [1.165, 1.54) is 174 Å². The number of urea groups is 6. The first kappa shape index (κ1) is 127. The number of hydrogen-bond donors (Lipinski definition) is 14. The zero-order chi connectivity index (χ0) is 88.5. The van der Waals surface area contributed by atoms with E-state index in [-0.39, 0.29) is 119 Å². The van der Waals surface area contributed by atoms with Crippen LogP contribution in [-0.2, 0) is 20.2 Å². The summed E-state index contributed by atoms with van der Waals surface area (Å²) in [6.07, 6.45) is 32.6. The third-order valence-corrected chi connectivity index (χ3v) is 21.8. The number of benzene rings is 2. The summed E-state index contributed by atoms with van der Waals surface area (Å²) in [5.41, 5.74) is 1.86. The molecule has 12 amide bonds. The van der Waals surface area contributed by atoms with E-state index in [1.807, 2.05) is 27.7 Å². The molecule has 0 radical (unpaired) electrons. The van der Waals surface area contributed by atoms with Crippen LogP contribution in [0.2, 0.25) is 0 Å². The first-order chi connectivity index (χ1) is 55.1. The summed E-state index contributed by atoms with van der Waals surface area (Å²) < 4.78 is 66.5. The Bertz CT molecular complexity index is 3040. The van der Waals surface area contributed by atoms with Gasteiger partial charge in [-0.15, -0.1) is 0 Å². The van der Waals surface area contributed by atoms with Crippen molar-refractivity contribution in [3.8, 4) is 0 Å². The number of nitrogens with zero attached hydrogens (tertiary/aromatic N) is 4. The van der Waals surface area contributed by atoms with E-state index in [0.717, 1.165) is 180 Å². The molecule has 0 unspecified atom stereocenters. The van der Waals surface area contributed by atoms with Gasteiger partial charge < -0.3 is 173 Å². The highest BCUT2D eigenvalue weighted by Crippen LogP contribution is 2.20. The van der Waals surface area contributed by atoms with E-state index in [9.17, 15) is 54.7 Å². The molecule has 0 bridgehead atoms. The summed E-state index contributed by atoms with van der Waals surface area (Å²) in [5, 5.41) is 34.7. The quantitative estimate of drug-likeness (QED) is 0.0132. The van der Waals surface area contributed by atoms with E-state index >= 15 is 0 Å². The highest BCUT2D eigenvalue weighted by Gasteiger charge is 2.26. The number of carbonyl (C=O) groups excluding carboxylic acids is 6. The van der Waals surface area contributed by atoms with Crippen molar-refractivity contribution in [2.45, 2.75) is 237 Å². The van der Waals surface area contributed by atoms with Crippen LogP contribution in [0.1, 0.15) is 212 Å². The van der Waals surface area contributed by atoms with Crippen LogP contribution in [0, 0.1) is 13.8 Å². The van der Waals surface area contributed by atoms with Crippen LogP contribution < -0.4 is 146 Å². The number of nitrogens with one attached hydrogen (secondary N) is 14. The smallest absolute Gasteiger partial charge is 0.315 e. The Morgan fingerprint density at radius 3 is 0.926 bits per heavy atom. The summed E-state index contributed by atoms with van der Waals surface area (Å²) in [6.45, 7) is 31.2. The number of piperidine rings is 2. The summed E-state index contributed by atoms with van der Waals surface area (Å²) in [5.74, 6) is 0. The summed E-state index contributed by atoms with van der Waals surface area (Å²) in [6, 6.07) is 12.3. The minimum absolute atomic E-state index is 0. The maximum absolute atomic E-state index is 11.6. The van der Waals surface area contributed by atoms with Gasteiger partial charge in [-0.2, -0.15) is 0 Å². The predicted octanol–water partition coefficient (Wildman–Crippen LogP) is -4.47. The number of likely N-dealkylation sites (N-methyl/N-ethyl adjacent to an activating group) is 1. The number of rotatable bonds is 37. The summed E-state index contributed by atoms with van der Waals surface area (Å²) >= 11 is 0. The van der Waals surface area contributed by atoms with Gasteiger partial charge in [-0.3, -0.25) is 0 Å². The molecule has 2 aliphatic heterocycles. The fourth-order valence-corrected chi connectivity index (χ4v) is 13.9. The number of carbonyl (C=O) groups is 6. The van der Waals surface area contributed by atoms with Gasteiger partial charge in [0.15, 0.2) is 0 Å². The molecule has 2 heterocycles. The van der Waals surface area contributed by atoms with E-state index in [2.05, 4.69) is 162 Å². The molecule has 0 atom stereocenters. The molecule has 4 aliphatic rings. The van der Waals surface area contributed by atoms with Crippen LogP contribution in [-0.4, -0.2) is 308 Å². The van der Waals surface area contributed by atoms with Crippen molar-refractivity contribution in [2.24, 2.45) is 0 Å². The number of amides is 12. The Balaban J connectivity index is -0.000000313. The lowest BCUT2D eigenvalue weighted by Gasteiger charge is -2.37. The Morgan fingerprint density at radius 2 is 0.636 bits per heavy atom. The molecular weight excluding hydrogens is 1850 g/mol. The molecule has 2 aromatic rings. The fourth-order valence-electron chi connectivity index (χ4n) is 13.0. The number of hydrogen-bond acceptors (Lipinski definition) is 12. The first-order valence-corrected chi connectivity index (χ1v) is 47.0. The van der Waals surface area contributed by atoms with Gasteiger partial charge in [0.05, 0.1) is 166 Å². The van der Waals surface area contributed by atoms with E-state index in [1.54, 1.807) is 24.3 Å². The largest absolute Gasteiger partial charge is 1.00 e. The van der Waals surface area contributed by atoms with Gasteiger partial charge in [0.1, 0.15) is 20.2 Å². The van der Waals surface area contributed by atoms with Gasteiger partial charge in [-0.25, -0.2) is 45.6 Å². The molecule has 36 heteroatoms. The van der Waals surface area contributed by atoms with Crippen molar-refractivity contribution in [1.29, 1.82) is 0 Å². The Labute approximate surface area is 781 Å². The Morgan fingerprint density at radius 1 is 0.372 bits per heavy atom. The van der Waals surface area contributed by atoms with Crippen LogP contribution >= 0.6 is 0 Å². The van der Waals surface area contributed by atoms with Gasteiger partial charge in [-0.1, -0.05) is 113 Å². The van der Waals surface area contributed by atoms with Crippen molar-refractivity contribution in [3.63, 3.8) is 0 Å². The number of halogens is 4. The summed E-state index contributed by atoms with van der Waals surface area (Å²) in [4.78, 5) is 70.4. The SMILES string of the molecule is CCCCCNC(=O)NCCC[N+]1(C)CCCCC1.CCCCCNC(=O)NCC[N+]1(C)CCCCC1.CCNC(=O)NCCC[N+](C)(C)C.CCNC(=O)NCCC[NH+](C)C.C[N+](C)(C)CCCNC(=O)NC1CCCCC1.C[NH+](C)CCCNC(=O)NC1CCCCC1.Cc1ccc(S(=O)(=O)[O-])cc1.Cc1ccc(S(=O)(=O)[O-])cc1.[Cl-].[Cl-].[I-].[I-]. The second-order valence-electron chi connectivity index (χ2n) is 34.8. The van der Waals surface area contributed by atoms with E-state index in [4.69, 9.17) is 0 Å². The average Bonchev–Trinajstić information content (AvgIpc) is 0.877. The minimum atomic E-state index is -4.27. The molecule has 2 aliphatic carbocycles. The van der Waals surface area contributed by atoms with Crippen molar-refractivity contribution in [2.75, 3.05) is 215 Å². The zero-order valence-electron chi connectivity index (χ0n) is 78.0. The van der Waals surface area contributed by atoms with Gasteiger partial charge in [0.2, 0.25) is 0 Å². The molecule has 6 rings (SSSR count). The Kier molecular flexibility index (Phi) is 81.0. The van der Waals surface area contributed by atoms with Gasteiger partial charge in [0.25, 0.3) is 0 Å². The lowest BCUT2D eigenvalue weighted by Crippen LogP contribution is -3.05. The monoisotopic (exact) mass is 2030 g/mol. The minimum Gasteiger partial charge on any atom is -1.00 e. The van der Waals surface area contributed by atoms with Crippen LogP contribution in [0.25, 0.3) is 0 Å². The van der Waals surface area contributed by atoms with Crippen LogP contribution in [0.15, 0.2) is 58.3 Å². The maximum atomic E-state index is 11.6. The molecule has 714 valence electrons. The normalized spacial score (nSPS) is 14.6. The fraction of sp³-hybridized carbons (Fsp3) is 0.788. The Hall–Kier alpha value is -4.32. The molecular formula is C85H172Cl2I2N18O12S2. The number of aryl methyl sites for hydroxylation is 2. The number of likely N-dealkylation sites (tertiary alicyclic amines) is 2. The highest BCUT2D eigenvalue weighted by atomic mass is 127. The number of unbranched alkanes of at least 4 members (excludes halogenated alkanes) is 4. The topological polar surface area (TPSA) is 370 Å². The van der Waals surface area contributed by atoms with Gasteiger partial charge >= 0.3 is 36.2 Å². The second-order valence-corrected chi connectivity index (χ2v) is 37.5. The van der Waals surface area contributed by atoms with Crippen LogP contribution in [0.4, 0.5) is 28.8 Å². The van der Waals surface area contributed by atoms with Crippen molar-refractivity contribution in [1.82, 2.24) is 63.8 Å². The third-order valence-electron chi connectivity index (χ3n) is 20.1. The zero-order valence-corrected chi connectivity index (χ0v) is 85.5. The van der Waals surface area contributed by atoms with Gasteiger partial charge in [0, 0.05) is 103 Å².